The number of aryl methyl sites for hydroxylation is 1. The van der Waals surface area contributed by atoms with Crippen molar-refractivity contribution in [3.63, 3.8) is 0 Å². The second-order valence-electron chi connectivity index (χ2n) is 3.53. The molecule has 3 heteroatoms. The van der Waals surface area contributed by atoms with Gasteiger partial charge in [0.15, 0.2) is 0 Å². The fraction of sp³-hybridized carbons (Fsp3) is 0.364. The first-order chi connectivity index (χ1) is 6.50. The Labute approximate surface area is 82.4 Å². The topological polar surface area (TPSA) is 37.3 Å². The fourth-order valence-corrected chi connectivity index (χ4v) is 1.27. The SMILES string of the molecule is Cc1cc(CC(C)C(=O)O)ccc1F. The minimum Gasteiger partial charge on any atom is -0.481 e. The smallest absolute Gasteiger partial charge is 0.306 e. The Morgan fingerprint density at radius 3 is 2.71 bits per heavy atom. The van der Waals surface area contributed by atoms with Crippen LogP contribution in [-0.4, -0.2) is 11.1 Å². The summed E-state index contributed by atoms with van der Waals surface area (Å²) < 4.78 is 12.9. The van der Waals surface area contributed by atoms with Crippen molar-refractivity contribution in [1.29, 1.82) is 0 Å². The number of hydrogen-bond acceptors (Lipinski definition) is 1. The molecule has 0 fully saturated rings. The van der Waals surface area contributed by atoms with E-state index in [-0.39, 0.29) is 5.82 Å². The van der Waals surface area contributed by atoms with E-state index in [4.69, 9.17) is 5.11 Å². The third-order valence-corrected chi connectivity index (χ3v) is 2.19. The predicted molar refractivity (Wildman–Crippen MR) is 51.6 cm³/mol. The summed E-state index contributed by atoms with van der Waals surface area (Å²) >= 11 is 0. The van der Waals surface area contributed by atoms with Gasteiger partial charge in [-0.1, -0.05) is 19.1 Å². The van der Waals surface area contributed by atoms with Gasteiger partial charge in [0.1, 0.15) is 5.82 Å². The van der Waals surface area contributed by atoms with Crippen molar-refractivity contribution in [3.05, 3.63) is 35.1 Å². The highest BCUT2D eigenvalue weighted by Gasteiger charge is 2.11. The van der Waals surface area contributed by atoms with Crippen LogP contribution in [0.4, 0.5) is 4.39 Å². The van der Waals surface area contributed by atoms with E-state index in [0.717, 1.165) is 5.56 Å². The zero-order valence-corrected chi connectivity index (χ0v) is 8.25. The molecule has 1 N–H and O–H groups in total. The van der Waals surface area contributed by atoms with E-state index < -0.39 is 11.9 Å². The predicted octanol–water partition coefficient (Wildman–Crippen LogP) is 2.40. The van der Waals surface area contributed by atoms with Crippen molar-refractivity contribution in [1.82, 2.24) is 0 Å². The lowest BCUT2D eigenvalue weighted by atomic mass is 10.00. The normalized spacial score (nSPS) is 12.5. The Kier molecular flexibility index (Phi) is 3.23. The highest BCUT2D eigenvalue weighted by molar-refractivity contribution is 5.69. The van der Waals surface area contributed by atoms with E-state index in [1.54, 1.807) is 26.0 Å². The van der Waals surface area contributed by atoms with E-state index in [0.29, 0.717) is 12.0 Å². The second-order valence-corrected chi connectivity index (χ2v) is 3.53. The van der Waals surface area contributed by atoms with Gasteiger partial charge < -0.3 is 5.11 Å². The summed E-state index contributed by atoms with van der Waals surface area (Å²) in [6, 6.07) is 4.69. The molecule has 0 saturated heterocycles. The van der Waals surface area contributed by atoms with E-state index >= 15 is 0 Å². The van der Waals surface area contributed by atoms with Crippen LogP contribution in [0.25, 0.3) is 0 Å². The fourth-order valence-electron chi connectivity index (χ4n) is 1.27. The maximum Gasteiger partial charge on any atom is 0.306 e. The largest absolute Gasteiger partial charge is 0.481 e. The van der Waals surface area contributed by atoms with Crippen LogP contribution in [0.2, 0.25) is 0 Å². The Morgan fingerprint density at radius 2 is 2.21 bits per heavy atom. The molecule has 0 aliphatic heterocycles. The Balaban J connectivity index is 2.78. The minimum absolute atomic E-state index is 0.253. The third-order valence-electron chi connectivity index (χ3n) is 2.19. The molecule has 1 rings (SSSR count). The van der Waals surface area contributed by atoms with Crippen molar-refractivity contribution < 1.29 is 14.3 Å². The minimum atomic E-state index is -0.827. The maximum absolute atomic E-state index is 12.9. The first kappa shape index (κ1) is 10.7. The third kappa shape index (κ3) is 2.55. The van der Waals surface area contributed by atoms with Crippen LogP contribution in [0.1, 0.15) is 18.1 Å². The van der Waals surface area contributed by atoms with Crippen LogP contribution >= 0.6 is 0 Å². The lowest BCUT2D eigenvalue weighted by molar-refractivity contribution is -0.141. The van der Waals surface area contributed by atoms with Gasteiger partial charge in [-0.05, 0) is 30.5 Å². The molecule has 0 aromatic heterocycles. The molecule has 1 aromatic carbocycles. The van der Waals surface area contributed by atoms with Crippen molar-refractivity contribution in [2.75, 3.05) is 0 Å². The number of rotatable bonds is 3. The highest BCUT2D eigenvalue weighted by Crippen LogP contribution is 2.13. The molecule has 0 saturated carbocycles. The summed E-state index contributed by atoms with van der Waals surface area (Å²) in [6.45, 7) is 3.31. The number of halogens is 1. The summed E-state index contributed by atoms with van der Waals surface area (Å²) in [6.07, 6.45) is 0.441. The zero-order valence-electron chi connectivity index (χ0n) is 8.25. The average Bonchev–Trinajstić information content (AvgIpc) is 2.11. The number of hydrogen-bond donors (Lipinski definition) is 1. The first-order valence-electron chi connectivity index (χ1n) is 4.48. The summed E-state index contributed by atoms with van der Waals surface area (Å²) in [4.78, 5) is 10.6. The number of carboxylic acids is 1. The molecule has 1 atom stereocenters. The Morgan fingerprint density at radius 1 is 1.57 bits per heavy atom. The average molecular weight is 196 g/mol. The van der Waals surface area contributed by atoms with Crippen LogP contribution in [0.5, 0.6) is 0 Å². The van der Waals surface area contributed by atoms with E-state index in [2.05, 4.69) is 0 Å². The van der Waals surface area contributed by atoms with Crippen molar-refractivity contribution >= 4 is 5.97 Å². The van der Waals surface area contributed by atoms with E-state index in [1.165, 1.54) is 6.07 Å². The first-order valence-corrected chi connectivity index (χ1v) is 4.48. The molecule has 2 nitrogen and oxygen atoms in total. The van der Waals surface area contributed by atoms with Gasteiger partial charge in [0.05, 0.1) is 5.92 Å². The maximum atomic E-state index is 12.9. The molecular weight excluding hydrogens is 183 g/mol. The zero-order chi connectivity index (χ0) is 10.7. The molecule has 0 radical (unpaired) electrons. The molecular formula is C11H13FO2. The number of benzene rings is 1. The summed E-state index contributed by atoms with van der Waals surface area (Å²) in [5.41, 5.74) is 1.42. The quantitative estimate of drug-likeness (QED) is 0.806. The molecule has 0 spiro atoms. The van der Waals surface area contributed by atoms with E-state index in [9.17, 15) is 9.18 Å². The molecule has 1 aromatic rings. The van der Waals surface area contributed by atoms with Gasteiger partial charge in [0.2, 0.25) is 0 Å². The monoisotopic (exact) mass is 196 g/mol. The molecule has 0 bridgehead atoms. The summed E-state index contributed by atoms with van der Waals surface area (Å²) in [5.74, 6) is -1.51. The molecule has 14 heavy (non-hydrogen) atoms. The number of aliphatic carboxylic acids is 1. The van der Waals surface area contributed by atoms with Crippen molar-refractivity contribution in [2.24, 2.45) is 5.92 Å². The van der Waals surface area contributed by atoms with Crippen molar-refractivity contribution in [2.45, 2.75) is 20.3 Å². The molecule has 1 unspecified atom stereocenters. The van der Waals surface area contributed by atoms with E-state index in [1.807, 2.05) is 0 Å². The summed E-state index contributed by atoms with van der Waals surface area (Å²) in [7, 11) is 0. The number of carboxylic acid groups (broad SMARTS) is 1. The number of carbonyl (C=O) groups is 1. The lowest BCUT2D eigenvalue weighted by Crippen LogP contribution is -2.12. The van der Waals surface area contributed by atoms with Gasteiger partial charge in [0, 0.05) is 0 Å². The summed E-state index contributed by atoms with van der Waals surface area (Å²) in [5, 5.41) is 8.69. The highest BCUT2D eigenvalue weighted by atomic mass is 19.1. The van der Waals surface area contributed by atoms with Crippen LogP contribution < -0.4 is 0 Å². The Bertz CT molecular complexity index is 347. The lowest BCUT2D eigenvalue weighted by Gasteiger charge is -2.07. The van der Waals surface area contributed by atoms with Crippen LogP contribution in [0.3, 0.4) is 0 Å². The molecule has 0 aliphatic carbocycles. The second kappa shape index (κ2) is 4.22. The molecule has 76 valence electrons. The van der Waals surface area contributed by atoms with Gasteiger partial charge in [-0.25, -0.2) is 4.39 Å². The van der Waals surface area contributed by atoms with Gasteiger partial charge in [-0.2, -0.15) is 0 Å². The Hall–Kier alpha value is -1.38. The van der Waals surface area contributed by atoms with Gasteiger partial charge in [0.25, 0.3) is 0 Å². The molecule has 0 aliphatic rings. The van der Waals surface area contributed by atoms with Gasteiger partial charge >= 0.3 is 5.97 Å². The van der Waals surface area contributed by atoms with Crippen LogP contribution in [-0.2, 0) is 11.2 Å². The van der Waals surface area contributed by atoms with Crippen LogP contribution in [0, 0.1) is 18.7 Å². The van der Waals surface area contributed by atoms with Crippen LogP contribution in [0.15, 0.2) is 18.2 Å². The molecule has 0 amide bonds. The standard InChI is InChI=1S/C11H13FO2/c1-7-5-9(3-4-10(7)12)6-8(2)11(13)14/h3-5,8H,6H2,1-2H3,(H,13,14). The van der Waals surface area contributed by atoms with Gasteiger partial charge in [-0.15, -0.1) is 0 Å². The van der Waals surface area contributed by atoms with Gasteiger partial charge in [-0.3, -0.25) is 4.79 Å². The molecule has 0 heterocycles. The van der Waals surface area contributed by atoms with Crippen molar-refractivity contribution in [3.8, 4) is 0 Å².